The van der Waals surface area contributed by atoms with Crippen LogP contribution in [0.2, 0.25) is 0 Å². The highest BCUT2D eigenvalue weighted by atomic mass is 32.2. The highest BCUT2D eigenvalue weighted by molar-refractivity contribution is 7.89. The Bertz CT molecular complexity index is 927. The van der Waals surface area contributed by atoms with E-state index in [-0.39, 0.29) is 22.8 Å². The van der Waals surface area contributed by atoms with Crippen molar-refractivity contribution >= 4 is 15.9 Å². The smallest absolute Gasteiger partial charge is 0.252 e. The summed E-state index contributed by atoms with van der Waals surface area (Å²) in [7, 11) is 0.638. The number of rotatable bonds is 9. The van der Waals surface area contributed by atoms with Gasteiger partial charge < -0.3 is 19.9 Å². The van der Waals surface area contributed by atoms with Crippen LogP contribution >= 0.6 is 0 Å². The number of carbonyl (C=O) groups is 1. The molecule has 0 fully saturated rings. The predicted molar refractivity (Wildman–Crippen MR) is 100.0 cm³/mol. The van der Waals surface area contributed by atoms with E-state index >= 15 is 0 Å². The Hall–Kier alpha value is -2.78. The Labute approximate surface area is 158 Å². The van der Waals surface area contributed by atoms with E-state index in [0.717, 1.165) is 5.56 Å². The molecule has 0 unspecified atom stereocenters. The molecule has 2 aromatic rings. The maximum Gasteiger partial charge on any atom is 0.252 e. The van der Waals surface area contributed by atoms with Crippen molar-refractivity contribution in [1.29, 1.82) is 0 Å². The summed E-state index contributed by atoms with van der Waals surface area (Å²) in [5.74, 6) is 0.610. The van der Waals surface area contributed by atoms with Crippen molar-refractivity contribution in [3.8, 4) is 17.2 Å². The lowest BCUT2D eigenvalue weighted by molar-refractivity contribution is 0.0997. The third-order valence-electron chi connectivity index (χ3n) is 3.90. The van der Waals surface area contributed by atoms with Gasteiger partial charge in [0.1, 0.15) is 5.75 Å². The van der Waals surface area contributed by atoms with E-state index in [1.165, 1.54) is 32.4 Å². The first-order valence-corrected chi connectivity index (χ1v) is 9.49. The van der Waals surface area contributed by atoms with E-state index in [0.29, 0.717) is 17.9 Å². The van der Waals surface area contributed by atoms with Crippen LogP contribution in [0.3, 0.4) is 0 Å². The number of hydrogen-bond donors (Lipinski definition) is 2. The largest absolute Gasteiger partial charge is 0.496 e. The molecule has 0 aliphatic carbocycles. The van der Waals surface area contributed by atoms with E-state index in [1.54, 1.807) is 19.2 Å². The van der Waals surface area contributed by atoms with Crippen LogP contribution in [0.25, 0.3) is 0 Å². The highest BCUT2D eigenvalue weighted by Gasteiger charge is 2.18. The van der Waals surface area contributed by atoms with Gasteiger partial charge in [0.2, 0.25) is 10.0 Å². The molecule has 27 heavy (non-hydrogen) atoms. The van der Waals surface area contributed by atoms with E-state index < -0.39 is 15.9 Å². The highest BCUT2D eigenvalue weighted by Crippen LogP contribution is 2.27. The third-order valence-corrected chi connectivity index (χ3v) is 5.36. The standard InChI is InChI=1S/C18H22N2O6S/c1-24-15-7-5-13(11-14(15)18(19)21)27(22,23)20-9-8-12-4-6-16(25-2)17(10-12)26-3/h4-7,10-11,20H,8-9H2,1-3H3,(H2,19,21). The first-order valence-electron chi connectivity index (χ1n) is 8.00. The minimum Gasteiger partial charge on any atom is -0.496 e. The molecule has 0 aromatic heterocycles. The van der Waals surface area contributed by atoms with Crippen molar-refractivity contribution < 1.29 is 27.4 Å². The molecule has 0 aliphatic rings. The molecule has 0 atom stereocenters. The maximum absolute atomic E-state index is 12.5. The summed E-state index contributed by atoms with van der Waals surface area (Å²) in [6, 6.07) is 9.30. The predicted octanol–water partition coefficient (Wildman–Crippen LogP) is 1.33. The molecule has 0 radical (unpaired) electrons. The zero-order valence-corrected chi connectivity index (χ0v) is 16.1. The lowest BCUT2D eigenvalue weighted by Gasteiger charge is -2.11. The van der Waals surface area contributed by atoms with Crippen LogP contribution in [0.15, 0.2) is 41.3 Å². The number of benzene rings is 2. The molecule has 9 heteroatoms. The summed E-state index contributed by atoms with van der Waals surface area (Å²) in [5, 5.41) is 0. The monoisotopic (exact) mass is 394 g/mol. The average Bonchev–Trinajstić information content (AvgIpc) is 2.66. The molecule has 0 spiro atoms. The van der Waals surface area contributed by atoms with Gasteiger partial charge in [-0.1, -0.05) is 6.07 Å². The Morgan fingerprint density at radius 2 is 1.59 bits per heavy atom. The summed E-state index contributed by atoms with van der Waals surface area (Å²) >= 11 is 0. The van der Waals surface area contributed by atoms with Crippen LogP contribution in [0.4, 0.5) is 0 Å². The SMILES string of the molecule is COc1ccc(CCNS(=O)(=O)c2ccc(OC)c(C(N)=O)c2)cc1OC. The number of hydrogen-bond acceptors (Lipinski definition) is 6. The number of primary amides is 1. The van der Waals surface area contributed by atoms with E-state index in [1.807, 2.05) is 6.07 Å². The van der Waals surface area contributed by atoms with Crippen LogP contribution in [0, 0.1) is 0 Å². The summed E-state index contributed by atoms with van der Waals surface area (Å²) in [6.07, 6.45) is 0.443. The third kappa shape index (κ3) is 4.89. The fraction of sp³-hybridized carbons (Fsp3) is 0.278. The Morgan fingerprint density at radius 3 is 2.19 bits per heavy atom. The summed E-state index contributed by atoms with van der Waals surface area (Å²) in [4.78, 5) is 11.4. The zero-order chi connectivity index (χ0) is 20.0. The first-order chi connectivity index (χ1) is 12.8. The number of nitrogens with one attached hydrogen (secondary N) is 1. The average molecular weight is 394 g/mol. The van der Waals surface area contributed by atoms with E-state index in [2.05, 4.69) is 4.72 Å². The lowest BCUT2D eigenvalue weighted by atomic mass is 10.1. The van der Waals surface area contributed by atoms with Crippen LogP contribution in [0.1, 0.15) is 15.9 Å². The van der Waals surface area contributed by atoms with Crippen molar-refractivity contribution in [2.45, 2.75) is 11.3 Å². The van der Waals surface area contributed by atoms with E-state index in [4.69, 9.17) is 19.9 Å². The zero-order valence-electron chi connectivity index (χ0n) is 15.3. The van der Waals surface area contributed by atoms with Gasteiger partial charge in [0.25, 0.3) is 5.91 Å². The molecular weight excluding hydrogens is 372 g/mol. The normalized spacial score (nSPS) is 11.1. The molecule has 0 bridgehead atoms. The number of methoxy groups -OCH3 is 3. The summed E-state index contributed by atoms with van der Waals surface area (Å²) in [6.45, 7) is 0.162. The van der Waals surface area contributed by atoms with Gasteiger partial charge in [-0.15, -0.1) is 0 Å². The molecular formula is C18H22N2O6S. The number of amides is 1. The quantitative estimate of drug-likeness (QED) is 0.663. The first kappa shape index (κ1) is 20.5. The van der Waals surface area contributed by atoms with Crippen molar-refractivity contribution in [2.75, 3.05) is 27.9 Å². The summed E-state index contributed by atoms with van der Waals surface area (Å²) < 4.78 is 42.9. The van der Waals surface area contributed by atoms with Crippen molar-refractivity contribution in [2.24, 2.45) is 5.73 Å². The minimum atomic E-state index is -3.81. The van der Waals surface area contributed by atoms with Crippen LogP contribution in [-0.2, 0) is 16.4 Å². The Morgan fingerprint density at radius 1 is 0.963 bits per heavy atom. The number of carbonyl (C=O) groups excluding carboxylic acids is 1. The van der Waals surface area contributed by atoms with Gasteiger partial charge in [-0.2, -0.15) is 0 Å². The molecule has 0 aliphatic heterocycles. The van der Waals surface area contributed by atoms with Crippen LogP contribution in [0.5, 0.6) is 17.2 Å². The number of ether oxygens (including phenoxy) is 3. The Balaban J connectivity index is 2.11. The fourth-order valence-corrected chi connectivity index (χ4v) is 3.55. The number of nitrogens with two attached hydrogens (primary N) is 1. The minimum absolute atomic E-state index is 0.000246. The van der Waals surface area contributed by atoms with Crippen LogP contribution < -0.4 is 24.7 Å². The maximum atomic E-state index is 12.5. The number of sulfonamides is 1. The molecule has 1 amide bonds. The fourth-order valence-electron chi connectivity index (χ4n) is 2.50. The van der Waals surface area contributed by atoms with Crippen molar-refractivity contribution in [3.05, 3.63) is 47.5 Å². The van der Waals surface area contributed by atoms with Gasteiger partial charge in [0.05, 0.1) is 31.8 Å². The molecule has 2 aromatic carbocycles. The molecule has 146 valence electrons. The molecule has 3 N–H and O–H groups in total. The second-order valence-corrected chi connectivity index (χ2v) is 7.33. The second-order valence-electron chi connectivity index (χ2n) is 5.56. The van der Waals surface area contributed by atoms with Gasteiger partial charge in [-0.25, -0.2) is 13.1 Å². The topological polar surface area (TPSA) is 117 Å². The molecule has 0 heterocycles. The summed E-state index contributed by atoms with van der Waals surface area (Å²) in [5.41, 5.74) is 6.15. The Kier molecular flexibility index (Phi) is 6.65. The lowest BCUT2D eigenvalue weighted by Crippen LogP contribution is -2.26. The molecule has 2 rings (SSSR count). The molecule has 0 saturated carbocycles. The van der Waals surface area contributed by atoms with Gasteiger partial charge >= 0.3 is 0 Å². The van der Waals surface area contributed by atoms with Crippen LogP contribution in [-0.4, -0.2) is 42.2 Å². The van der Waals surface area contributed by atoms with Gasteiger partial charge in [-0.05, 0) is 42.3 Å². The van der Waals surface area contributed by atoms with Gasteiger partial charge in [-0.3, -0.25) is 4.79 Å². The van der Waals surface area contributed by atoms with Gasteiger partial charge in [0.15, 0.2) is 11.5 Å². The van der Waals surface area contributed by atoms with E-state index in [9.17, 15) is 13.2 Å². The van der Waals surface area contributed by atoms with Crippen molar-refractivity contribution in [1.82, 2.24) is 4.72 Å². The van der Waals surface area contributed by atoms with Crippen molar-refractivity contribution in [3.63, 3.8) is 0 Å². The molecule has 8 nitrogen and oxygen atoms in total. The second kappa shape index (κ2) is 8.74. The van der Waals surface area contributed by atoms with Gasteiger partial charge in [0, 0.05) is 6.54 Å². The molecule has 0 saturated heterocycles.